The van der Waals surface area contributed by atoms with Crippen molar-refractivity contribution in [3.8, 4) is 0 Å². The van der Waals surface area contributed by atoms with Gasteiger partial charge in [-0.3, -0.25) is 19.3 Å². The number of likely N-dealkylation sites (tertiary alicyclic amines) is 1. The predicted octanol–water partition coefficient (Wildman–Crippen LogP) is 2.90. The minimum atomic E-state index is -3.68. The zero-order valence-electron chi connectivity index (χ0n) is 18.7. The van der Waals surface area contributed by atoms with Crippen molar-refractivity contribution in [2.45, 2.75) is 50.6 Å². The third-order valence-corrected chi connectivity index (χ3v) is 7.22. The zero-order chi connectivity index (χ0) is 23.6. The second-order valence-electron chi connectivity index (χ2n) is 8.73. The molecule has 0 radical (unpaired) electrons. The number of anilines is 1. The van der Waals surface area contributed by atoms with Gasteiger partial charge in [0.1, 0.15) is 11.9 Å². The highest BCUT2D eigenvalue weighted by atomic mass is 32.2. The standard InChI is InChI=1S/C24H28N4O4S/c1-16(2)22(26-23-19-10-3-4-11-20(19)33(31,32)27-23)24(30)25-18-9-7-8-17(14-18)15-28-13-6-5-12-21(28)29/h3-4,7-11,14,16,22H,5-6,12-13,15H2,1-2H3,(H,25,30)(H,26,27)/t22-/m0/s1. The quantitative estimate of drug-likeness (QED) is 0.680. The minimum Gasteiger partial charge on any atom is -0.338 e. The van der Waals surface area contributed by atoms with Gasteiger partial charge in [-0.2, -0.15) is 0 Å². The number of nitrogens with zero attached hydrogens (tertiary/aromatic N) is 2. The number of fused-ring (bicyclic) bond motifs is 1. The summed E-state index contributed by atoms with van der Waals surface area (Å²) in [5, 5.41) is 2.90. The Hall–Kier alpha value is -3.20. The third-order valence-electron chi connectivity index (χ3n) is 5.82. The van der Waals surface area contributed by atoms with Crippen LogP contribution in [0.5, 0.6) is 0 Å². The Morgan fingerprint density at radius 3 is 2.70 bits per heavy atom. The minimum absolute atomic E-state index is 0.158. The summed E-state index contributed by atoms with van der Waals surface area (Å²) in [5.41, 5.74) is 2.01. The maximum Gasteiger partial charge on any atom is 0.263 e. The molecule has 8 nitrogen and oxygen atoms in total. The molecule has 1 fully saturated rings. The van der Waals surface area contributed by atoms with E-state index in [2.05, 4.69) is 15.0 Å². The fourth-order valence-electron chi connectivity index (χ4n) is 4.09. The van der Waals surface area contributed by atoms with Gasteiger partial charge in [0, 0.05) is 30.8 Å². The molecule has 2 amide bonds. The van der Waals surface area contributed by atoms with Gasteiger partial charge in [0.25, 0.3) is 10.0 Å². The molecule has 9 heteroatoms. The van der Waals surface area contributed by atoms with Crippen molar-refractivity contribution in [2.24, 2.45) is 10.9 Å². The monoisotopic (exact) mass is 468 g/mol. The third kappa shape index (κ3) is 5.08. The van der Waals surface area contributed by atoms with Crippen LogP contribution >= 0.6 is 0 Å². The number of hydrogen-bond acceptors (Lipinski definition) is 5. The highest BCUT2D eigenvalue weighted by Crippen LogP contribution is 2.24. The Morgan fingerprint density at radius 1 is 1.15 bits per heavy atom. The Bertz CT molecular complexity index is 1210. The van der Waals surface area contributed by atoms with Crippen LogP contribution in [0.2, 0.25) is 0 Å². The van der Waals surface area contributed by atoms with Gasteiger partial charge in [-0.05, 0) is 48.6 Å². The van der Waals surface area contributed by atoms with Crippen molar-refractivity contribution >= 4 is 33.4 Å². The van der Waals surface area contributed by atoms with E-state index in [0.29, 0.717) is 24.2 Å². The molecule has 0 unspecified atom stereocenters. The van der Waals surface area contributed by atoms with E-state index in [9.17, 15) is 18.0 Å². The summed E-state index contributed by atoms with van der Waals surface area (Å²) >= 11 is 0. The first kappa shape index (κ1) is 23.0. The molecule has 0 saturated carbocycles. The van der Waals surface area contributed by atoms with Gasteiger partial charge in [0.05, 0.1) is 4.90 Å². The first-order chi connectivity index (χ1) is 15.7. The van der Waals surface area contributed by atoms with Gasteiger partial charge >= 0.3 is 0 Å². The Labute approximate surface area is 194 Å². The highest BCUT2D eigenvalue weighted by molar-refractivity contribution is 7.90. The second-order valence-corrected chi connectivity index (χ2v) is 10.4. The van der Waals surface area contributed by atoms with Gasteiger partial charge in [0.2, 0.25) is 11.8 Å². The molecule has 0 bridgehead atoms. The van der Waals surface area contributed by atoms with Gasteiger partial charge in [0.15, 0.2) is 0 Å². The fourth-order valence-corrected chi connectivity index (χ4v) is 5.33. The molecule has 2 aromatic carbocycles. The maximum absolute atomic E-state index is 13.1. The number of sulfonamides is 1. The lowest BCUT2D eigenvalue weighted by molar-refractivity contribution is -0.133. The van der Waals surface area contributed by atoms with Crippen molar-refractivity contribution < 1.29 is 18.0 Å². The number of rotatable bonds is 6. The van der Waals surface area contributed by atoms with Crippen molar-refractivity contribution in [3.05, 3.63) is 59.7 Å². The van der Waals surface area contributed by atoms with Crippen molar-refractivity contribution in [1.29, 1.82) is 0 Å². The number of hydrogen-bond donors (Lipinski definition) is 2. The molecule has 0 aliphatic carbocycles. The van der Waals surface area contributed by atoms with Gasteiger partial charge in [-0.1, -0.05) is 38.1 Å². The molecule has 0 spiro atoms. The number of benzene rings is 2. The average molecular weight is 469 g/mol. The Kier molecular flexibility index (Phi) is 6.51. The van der Waals surface area contributed by atoms with E-state index in [4.69, 9.17) is 0 Å². The summed E-state index contributed by atoms with van der Waals surface area (Å²) in [6.07, 6.45) is 2.52. The number of piperidine rings is 1. The van der Waals surface area contributed by atoms with E-state index in [1.807, 2.05) is 36.9 Å². The van der Waals surface area contributed by atoms with Crippen LogP contribution in [-0.4, -0.2) is 43.6 Å². The topological polar surface area (TPSA) is 108 Å². The van der Waals surface area contributed by atoms with Crippen LogP contribution < -0.4 is 10.0 Å². The van der Waals surface area contributed by atoms with E-state index >= 15 is 0 Å². The molecule has 2 aliphatic heterocycles. The normalized spacial score (nSPS) is 19.3. The smallest absolute Gasteiger partial charge is 0.263 e. The van der Waals surface area contributed by atoms with Crippen LogP contribution in [-0.2, 0) is 26.2 Å². The van der Waals surface area contributed by atoms with Crippen molar-refractivity contribution in [3.63, 3.8) is 0 Å². The summed E-state index contributed by atoms with van der Waals surface area (Å²) in [5.74, 6) is -0.154. The first-order valence-corrected chi connectivity index (χ1v) is 12.6. The number of amides is 2. The van der Waals surface area contributed by atoms with E-state index in [0.717, 1.165) is 24.9 Å². The van der Waals surface area contributed by atoms with Gasteiger partial charge < -0.3 is 10.2 Å². The molecule has 33 heavy (non-hydrogen) atoms. The number of aliphatic imine (C=N–C) groups is 1. The van der Waals surface area contributed by atoms with E-state index < -0.39 is 16.1 Å². The van der Waals surface area contributed by atoms with Crippen LogP contribution in [0.3, 0.4) is 0 Å². The molecule has 2 heterocycles. The van der Waals surface area contributed by atoms with Crippen LogP contribution in [0.15, 0.2) is 58.4 Å². The Morgan fingerprint density at radius 2 is 1.94 bits per heavy atom. The summed E-state index contributed by atoms with van der Waals surface area (Å²) in [7, 11) is -3.68. The summed E-state index contributed by atoms with van der Waals surface area (Å²) in [4.78, 5) is 31.7. The largest absolute Gasteiger partial charge is 0.338 e. The van der Waals surface area contributed by atoms with E-state index in [-0.39, 0.29) is 28.5 Å². The van der Waals surface area contributed by atoms with E-state index in [1.165, 1.54) is 6.07 Å². The van der Waals surface area contributed by atoms with Crippen LogP contribution in [0, 0.1) is 5.92 Å². The molecular weight excluding hydrogens is 440 g/mol. The number of carbonyl (C=O) groups is 2. The molecule has 2 N–H and O–H groups in total. The van der Waals surface area contributed by atoms with Gasteiger partial charge in [-0.25, -0.2) is 8.42 Å². The number of nitrogens with one attached hydrogen (secondary N) is 2. The summed E-state index contributed by atoms with van der Waals surface area (Å²) in [6.45, 7) is 4.99. The molecule has 1 saturated heterocycles. The molecule has 1 atom stereocenters. The molecule has 0 aromatic heterocycles. The molecule has 2 aliphatic rings. The van der Waals surface area contributed by atoms with Gasteiger partial charge in [-0.15, -0.1) is 0 Å². The number of amidine groups is 1. The molecule has 2 aromatic rings. The SMILES string of the molecule is CC(C)[C@H](N=C1NS(=O)(=O)c2ccccc21)C(=O)Nc1cccc(CN2CCCCC2=O)c1. The number of carbonyl (C=O) groups excluding carboxylic acids is 2. The van der Waals surface area contributed by atoms with Crippen LogP contribution in [0.25, 0.3) is 0 Å². The fraction of sp³-hybridized carbons (Fsp3) is 0.375. The zero-order valence-corrected chi connectivity index (χ0v) is 19.6. The van der Waals surface area contributed by atoms with Crippen LogP contribution in [0.1, 0.15) is 44.2 Å². The lowest BCUT2D eigenvalue weighted by Crippen LogP contribution is -2.35. The first-order valence-electron chi connectivity index (χ1n) is 11.1. The lowest BCUT2D eigenvalue weighted by atomic mass is 10.0. The maximum atomic E-state index is 13.1. The summed E-state index contributed by atoms with van der Waals surface area (Å²) in [6, 6.07) is 13.2. The second kappa shape index (κ2) is 9.35. The summed E-state index contributed by atoms with van der Waals surface area (Å²) < 4.78 is 27.2. The molecule has 4 rings (SSSR count). The lowest BCUT2D eigenvalue weighted by Gasteiger charge is -2.27. The molecular formula is C24H28N4O4S. The van der Waals surface area contributed by atoms with Crippen molar-refractivity contribution in [2.75, 3.05) is 11.9 Å². The van der Waals surface area contributed by atoms with E-state index in [1.54, 1.807) is 24.3 Å². The predicted molar refractivity (Wildman–Crippen MR) is 126 cm³/mol. The highest BCUT2D eigenvalue weighted by Gasteiger charge is 2.32. The molecule has 174 valence electrons. The Balaban J connectivity index is 1.52. The van der Waals surface area contributed by atoms with Crippen molar-refractivity contribution in [1.82, 2.24) is 9.62 Å². The average Bonchev–Trinajstić information content (AvgIpc) is 3.04. The van der Waals surface area contributed by atoms with Crippen LogP contribution in [0.4, 0.5) is 5.69 Å².